The predicted octanol–water partition coefficient (Wildman–Crippen LogP) is 6.61. The van der Waals surface area contributed by atoms with Gasteiger partial charge in [-0.15, -0.1) is 0 Å². The molecule has 1 saturated heterocycles. The Kier molecular flexibility index (Phi) is 6.26. The normalized spacial score (nSPS) is 18.4. The maximum absolute atomic E-state index is 16.4. The number of aliphatic hydroxyl groups is 1. The van der Waals surface area contributed by atoms with Crippen molar-refractivity contribution >= 4 is 27.5 Å². The SMILES string of the molecule is CCc1c(F)ccc2cc(O)cc(-c3c(F)cc4c(N5CCC[C@@](C)(O)C5)nc(C(C)C)nc4c3F)c12. The van der Waals surface area contributed by atoms with Gasteiger partial charge in [-0.25, -0.2) is 23.1 Å². The third-order valence-corrected chi connectivity index (χ3v) is 7.15. The minimum absolute atomic E-state index is 0.0544. The number of phenolic OH excluding ortho intramolecular Hbond substituents is 1. The van der Waals surface area contributed by atoms with Crippen LogP contribution < -0.4 is 4.90 Å². The Morgan fingerprint density at radius 2 is 1.84 bits per heavy atom. The van der Waals surface area contributed by atoms with Crippen LogP contribution in [0.5, 0.6) is 5.75 Å². The van der Waals surface area contributed by atoms with Crippen molar-refractivity contribution in [2.45, 2.75) is 58.5 Å². The third-order valence-electron chi connectivity index (χ3n) is 7.15. The maximum Gasteiger partial charge on any atom is 0.160 e. The molecule has 8 heteroatoms. The van der Waals surface area contributed by atoms with Crippen LogP contribution in [0.15, 0.2) is 30.3 Å². The monoisotopic (exact) mass is 509 g/mol. The Balaban J connectivity index is 1.84. The van der Waals surface area contributed by atoms with Crippen molar-refractivity contribution in [2.75, 3.05) is 18.0 Å². The summed E-state index contributed by atoms with van der Waals surface area (Å²) in [6.07, 6.45) is 1.63. The number of aromatic nitrogens is 2. The number of hydrogen-bond acceptors (Lipinski definition) is 5. The van der Waals surface area contributed by atoms with Gasteiger partial charge in [-0.2, -0.15) is 0 Å². The zero-order valence-electron chi connectivity index (χ0n) is 21.4. The highest BCUT2D eigenvalue weighted by atomic mass is 19.1. The molecule has 0 unspecified atom stereocenters. The molecular weight excluding hydrogens is 479 g/mol. The molecule has 0 spiro atoms. The number of aryl methyl sites for hydroxylation is 1. The van der Waals surface area contributed by atoms with Gasteiger partial charge >= 0.3 is 0 Å². The summed E-state index contributed by atoms with van der Waals surface area (Å²) in [6.45, 7) is 8.14. The minimum atomic E-state index is -0.953. The molecule has 0 saturated carbocycles. The highest BCUT2D eigenvalue weighted by Crippen LogP contribution is 2.42. The van der Waals surface area contributed by atoms with E-state index in [1.165, 1.54) is 30.3 Å². The van der Waals surface area contributed by atoms with Crippen molar-refractivity contribution in [1.29, 1.82) is 0 Å². The number of fused-ring (bicyclic) bond motifs is 2. The second-order valence-electron chi connectivity index (χ2n) is 10.5. The quantitative estimate of drug-likeness (QED) is 0.324. The average Bonchev–Trinajstić information content (AvgIpc) is 2.83. The Bertz CT molecular complexity index is 1540. The predicted molar refractivity (Wildman–Crippen MR) is 140 cm³/mol. The Morgan fingerprint density at radius 1 is 1.08 bits per heavy atom. The summed E-state index contributed by atoms with van der Waals surface area (Å²) < 4.78 is 47.0. The van der Waals surface area contributed by atoms with Crippen molar-refractivity contribution in [1.82, 2.24) is 9.97 Å². The molecule has 5 rings (SSSR count). The van der Waals surface area contributed by atoms with Crippen LogP contribution in [-0.4, -0.2) is 38.9 Å². The highest BCUT2D eigenvalue weighted by molar-refractivity contribution is 6.03. The minimum Gasteiger partial charge on any atom is -0.508 e. The second kappa shape index (κ2) is 9.17. The molecule has 1 aliphatic rings. The van der Waals surface area contributed by atoms with E-state index < -0.39 is 23.1 Å². The van der Waals surface area contributed by atoms with Crippen molar-refractivity contribution in [3.05, 3.63) is 59.2 Å². The first-order chi connectivity index (χ1) is 17.5. The summed E-state index contributed by atoms with van der Waals surface area (Å²) in [5.74, 6) is -1.80. The van der Waals surface area contributed by atoms with Crippen molar-refractivity contribution in [2.24, 2.45) is 0 Å². The standard InChI is InChI=1S/C29H30F3N3O2/c1-5-18-21(30)8-7-16-11-17(36)12-19(23(16)18)24-22(31)13-20-26(25(24)32)33-27(15(2)3)34-28(20)35-10-6-9-29(4,37)14-35/h7-8,11-13,15,36-37H,5-6,9-10,14H2,1-4H3/t29-/m1/s1. The fraction of sp³-hybridized carbons (Fsp3) is 0.379. The molecule has 0 amide bonds. The molecule has 0 aliphatic carbocycles. The van der Waals surface area contributed by atoms with E-state index in [0.29, 0.717) is 53.8 Å². The Hall–Kier alpha value is -3.39. The van der Waals surface area contributed by atoms with Crippen LogP contribution in [0.3, 0.4) is 0 Å². The van der Waals surface area contributed by atoms with E-state index in [0.717, 1.165) is 0 Å². The zero-order valence-corrected chi connectivity index (χ0v) is 21.4. The number of rotatable bonds is 4. The molecule has 37 heavy (non-hydrogen) atoms. The van der Waals surface area contributed by atoms with Gasteiger partial charge in [0, 0.05) is 24.4 Å². The molecule has 4 aromatic rings. The first-order valence-electron chi connectivity index (χ1n) is 12.6. The summed E-state index contributed by atoms with van der Waals surface area (Å²) in [7, 11) is 0. The lowest BCUT2D eigenvalue weighted by molar-refractivity contribution is 0.0448. The summed E-state index contributed by atoms with van der Waals surface area (Å²) in [5, 5.41) is 22.1. The van der Waals surface area contributed by atoms with Crippen LogP contribution in [0.4, 0.5) is 19.0 Å². The van der Waals surface area contributed by atoms with Gasteiger partial charge in [0.2, 0.25) is 0 Å². The Labute approximate surface area is 213 Å². The zero-order chi connectivity index (χ0) is 26.6. The van der Waals surface area contributed by atoms with Crippen LogP contribution in [0, 0.1) is 17.5 Å². The largest absolute Gasteiger partial charge is 0.508 e. The van der Waals surface area contributed by atoms with Crippen LogP contribution in [-0.2, 0) is 6.42 Å². The van der Waals surface area contributed by atoms with E-state index in [2.05, 4.69) is 9.97 Å². The molecule has 0 bridgehead atoms. The number of halogens is 3. The van der Waals surface area contributed by atoms with E-state index in [-0.39, 0.29) is 40.2 Å². The number of phenols is 1. The third kappa shape index (κ3) is 4.37. The molecule has 1 aromatic heterocycles. The number of nitrogens with zero attached hydrogens (tertiary/aromatic N) is 3. The molecule has 2 heterocycles. The topological polar surface area (TPSA) is 69.5 Å². The van der Waals surface area contributed by atoms with E-state index in [9.17, 15) is 14.6 Å². The smallest absolute Gasteiger partial charge is 0.160 e. The summed E-state index contributed by atoms with van der Waals surface area (Å²) >= 11 is 0. The lowest BCUT2D eigenvalue weighted by Crippen LogP contribution is -2.46. The molecule has 1 fully saturated rings. The van der Waals surface area contributed by atoms with E-state index in [1.54, 1.807) is 13.8 Å². The number of anilines is 1. The van der Waals surface area contributed by atoms with Gasteiger partial charge in [0.05, 0.1) is 11.2 Å². The number of hydrogen-bond donors (Lipinski definition) is 2. The maximum atomic E-state index is 16.4. The van der Waals surface area contributed by atoms with Crippen molar-refractivity contribution in [3.8, 4) is 16.9 Å². The molecule has 1 atom stereocenters. The summed E-state index contributed by atoms with van der Waals surface area (Å²) in [5.41, 5.74) is -1.00. The second-order valence-corrected chi connectivity index (χ2v) is 10.5. The molecular formula is C29H30F3N3O2. The van der Waals surface area contributed by atoms with Crippen LogP contribution >= 0.6 is 0 Å². The lowest BCUT2D eigenvalue weighted by atomic mass is 9.91. The van der Waals surface area contributed by atoms with E-state index in [1.807, 2.05) is 18.7 Å². The van der Waals surface area contributed by atoms with Crippen molar-refractivity contribution in [3.63, 3.8) is 0 Å². The van der Waals surface area contributed by atoms with Crippen LogP contribution in [0.2, 0.25) is 0 Å². The fourth-order valence-electron chi connectivity index (χ4n) is 5.39. The Morgan fingerprint density at radius 3 is 2.51 bits per heavy atom. The van der Waals surface area contributed by atoms with Crippen LogP contribution in [0.25, 0.3) is 32.8 Å². The first kappa shape index (κ1) is 25.3. The van der Waals surface area contributed by atoms with Gasteiger partial charge in [0.25, 0.3) is 0 Å². The first-order valence-corrected chi connectivity index (χ1v) is 12.6. The molecule has 1 aliphatic heterocycles. The van der Waals surface area contributed by atoms with Gasteiger partial charge < -0.3 is 15.1 Å². The highest BCUT2D eigenvalue weighted by Gasteiger charge is 2.32. The van der Waals surface area contributed by atoms with Gasteiger partial charge in [-0.3, -0.25) is 0 Å². The average molecular weight is 510 g/mol. The summed E-state index contributed by atoms with van der Waals surface area (Å²) in [4.78, 5) is 11.0. The number of piperidine rings is 1. The number of β-amino-alcohol motifs (C(OH)–C–C–N with tert-alkyl or cyclic N) is 1. The van der Waals surface area contributed by atoms with Gasteiger partial charge in [0.15, 0.2) is 5.82 Å². The number of benzene rings is 3. The molecule has 0 radical (unpaired) electrons. The molecule has 5 nitrogen and oxygen atoms in total. The molecule has 194 valence electrons. The van der Waals surface area contributed by atoms with E-state index in [4.69, 9.17) is 0 Å². The molecule has 3 aromatic carbocycles. The number of aromatic hydroxyl groups is 1. The van der Waals surface area contributed by atoms with Gasteiger partial charge in [-0.05, 0) is 72.4 Å². The fourth-order valence-corrected chi connectivity index (χ4v) is 5.39. The van der Waals surface area contributed by atoms with E-state index >= 15 is 8.78 Å². The summed E-state index contributed by atoms with van der Waals surface area (Å²) in [6, 6.07) is 6.70. The van der Waals surface area contributed by atoms with Gasteiger partial charge in [0.1, 0.15) is 34.5 Å². The molecule has 2 N–H and O–H groups in total. The van der Waals surface area contributed by atoms with Crippen molar-refractivity contribution < 1.29 is 23.4 Å². The lowest BCUT2D eigenvalue weighted by Gasteiger charge is -2.38. The van der Waals surface area contributed by atoms with Crippen LogP contribution in [0.1, 0.15) is 57.8 Å². The van der Waals surface area contributed by atoms with Gasteiger partial charge in [-0.1, -0.05) is 26.8 Å².